The average Bonchev–Trinajstić information content (AvgIpc) is 2.84. The molecule has 0 spiro atoms. The second-order valence-corrected chi connectivity index (χ2v) is 8.78. The minimum absolute atomic E-state index is 0.160. The second kappa shape index (κ2) is 10.0. The Morgan fingerprint density at radius 3 is 2.24 bits per heavy atom. The molecule has 0 unspecified atom stereocenters. The van der Waals surface area contributed by atoms with Crippen LogP contribution in [0.5, 0.6) is 5.75 Å². The van der Waals surface area contributed by atoms with Gasteiger partial charge in [-0.3, -0.25) is 4.79 Å². The number of benzene rings is 2. The van der Waals surface area contributed by atoms with Crippen molar-refractivity contribution in [1.29, 1.82) is 0 Å². The summed E-state index contributed by atoms with van der Waals surface area (Å²) in [6.45, 7) is 9.35. The molecule has 0 N–H and O–H groups in total. The average molecular weight is 445 g/mol. The van der Waals surface area contributed by atoms with E-state index in [0.717, 1.165) is 47.3 Å². The van der Waals surface area contributed by atoms with Crippen LogP contribution in [-0.4, -0.2) is 54.1 Å². The number of methoxy groups -OCH3 is 1. The minimum atomic E-state index is 0.160. The Morgan fingerprint density at radius 1 is 0.970 bits per heavy atom. The molecule has 1 fully saturated rings. The topological polar surface area (TPSA) is 58.6 Å². The molecule has 6 heteroatoms. The van der Waals surface area contributed by atoms with E-state index in [1.54, 1.807) is 7.11 Å². The monoisotopic (exact) mass is 444 g/mol. The van der Waals surface area contributed by atoms with Crippen LogP contribution < -0.4 is 9.64 Å². The number of amides is 1. The number of anilines is 1. The zero-order valence-electron chi connectivity index (χ0n) is 19.9. The first-order valence-corrected chi connectivity index (χ1v) is 11.6. The summed E-state index contributed by atoms with van der Waals surface area (Å²) in [5.41, 5.74) is 4.23. The number of aromatic nitrogens is 2. The fourth-order valence-electron chi connectivity index (χ4n) is 4.40. The summed E-state index contributed by atoms with van der Waals surface area (Å²) in [5.74, 6) is 3.03. The normalized spacial score (nSPS) is 14.0. The molecule has 1 aliphatic heterocycles. The molecule has 1 aliphatic rings. The van der Waals surface area contributed by atoms with Crippen LogP contribution in [0.4, 0.5) is 5.82 Å². The zero-order chi connectivity index (χ0) is 23.4. The maximum Gasteiger partial charge on any atom is 0.227 e. The van der Waals surface area contributed by atoms with Gasteiger partial charge < -0.3 is 14.5 Å². The summed E-state index contributed by atoms with van der Waals surface area (Å²) in [5, 5.41) is 0. The van der Waals surface area contributed by atoms with Gasteiger partial charge in [0.2, 0.25) is 5.91 Å². The van der Waals surface area contributed by atoms with E-state index in [4.69, 9.17) is 14.7 Å². The molecular weight excluding hydrogens is 412 g/mol. The third kappa shape index (κ3) is 5.16. The molecule has 0 bridgehead atoms. The first kappa shape index (κ1) is 22.8. The first-order valence-electron chi connectivity index (χ1n) is 11.6. The molecule has 0 radical (unpaired) electrons. The van der Waals surface area contributed by atoms with E-state index in [1.807, 2.05) is 59.5 Å². The van der Waals surface area contributed by atoms with Crippen LogP contribution in [0.15, 0.2) is 54.6 Å². The van der Waals surface area contributed by atoms with Crippen LogP contribution in [0.3, 0.4) is 0 Å². The second-order valence-electron chi connectivity index (χ2n) is 8.78. The van der Waals surface area contributed by atoms with Gasteiger partial charge in [0.05, 0.1) is 13.5 Å². The summed E-state index contributed by atoms with van der Waals surface area (Å²) < 4.78 is 5.20. The lowest BCUT2D eigenvalue weighted by molar-refractivity contribution is -0.130. The SMILES string of the molecule is COc1ccc(CC(=O)N2CCN(c3nc(-c4ccccc4)nc(C)c3C(C)C)CC2)cc1. The van der Waals surface area contributed by atoms with Crippen molar-refractivity contribution in [2.75, 3.05) is 38.2 Å². The van der Waals surface area contributed by atoms with Gasteiger partial charge in [-0.05, 0) is 30.5 Å². The van der Waals surface area contributed by atoms with Gasteiger partial charge in [-0.1, -0.05) is 56.3 Å². The van der Waals surface area contributed by atoms with Crippen LogP contribution in [0.2, 0.25) is 0 Å². The number of ether oxygens (including phenoxy) is 1. The van der Waals surface area contributed by atoms with E-state index in [1.165, 1.54) is 5.56 Å². The highest BCUT2D eigenvalue weighted by atomic mass is 16.5. The predicted octanol–water partition coefficient (Wildman–Crippen LogP) is 4.48. The molecule has 0 aliphatic carbocycles. The molecule has 172 valence electrons. The number of hydrogen-bond donors (Lipinski definition) is 0. The summed E-state index contributed by atoms with van der Waals surface area (Å²) in [6.07, 6.45) is 0.409. The Bertz CT molecular complexity index is 1090. The van der Waals surface area contributed by atoms with Gasteiger partial charge in [0.15, 0.2) is 5.82 Å². The van der Waals surface area contributed by atoms with Gasteiger partial charge in [-0.15, -0.1) is 0 Å². The number of rotatable bonds is 6. The molecule has 2 heterocycles. The minimum Gasteiger partial charge on any atom is -0.497 e. The van der Waals surface area contributed by atoms with E-state index in [2.05, 4.69) is 25.7 Å². The Labute approximate surface area is 196 Å². The molecular formula is C27H32N4O2. The van der Waals surface area contributed by atoms with Gasteiger partial charge in [0.25, 0.3) is 0 Å². The van der Waals surface area contributed by atoms with Crippen molar-refractivity contribution in [2.45, 2.75) is 33.1 Å². The van der Waals surface area contributed by atoms with Crippen LogP contribution in [0.1, 0.15) is 36.6 Å². The van der Waals surface area contributed by atoms with Crippen molar-refractivity contribution in [1.82, 2.24) is 14.9 Å². The number of carbonyl (C=O) groups is 1. The molecule has 2 aromatic carbocycles. The molecule has 1 saturated heterocycles. The smallest absolute Gasteiger partial charge is 0.227 e. The molecule has 33 heavy (non-hydrogen) atoms. The van der Waals surface area contributed by atoms with E-state index in [-0.39, 0.29) is 5.91 Å². The Balaban J connectivity index is 1.49. The number of hydrogen-bond acceptors (Lipinski definition) is 5. The Hall–Kier alpha value is -3.41. The van der Waals surface area contributed by atoms with Crippen molar-refractivity contribution in [3.05, 3.63) is 71.4 Å². The van der Waals surface area contributed by atoms with Crippen LogP contribution in [0.25, 0.3) is 11.4 Å². The van der Waals surface area contributed by atoms with Crippen LogP contribution in [-0.2, 0) is 11.2 Å². The number of carbonyl (C=O) groups excluding carboxylic acids is 1. The first-order chi connectivity index (χ1) is 16.0. The molecule has 0 saturated carbocycles. The number of aryl methyl sites for hydroxylation is 1. The van der Waals surface area contributed by atoms with Crippen molar-refractivity contribution in [2.24, 2.45) is 0 Å². The van der Waals surface area contributed by atoms with Gasteiger partial charge in [0.1, 0.15) is 11.6 Å². The third-order valence-electron chi connectivity index (χ3n) is 6.17. The highest BCUT2D eigenvalue weighted by molar-refractivity contribution is 5.79. The van der Waals surface area contributed by atoms with Gasteiger partial charge in [-0.25, -0.2) is 9.97 Å². The molecule has 1 aromatic heterocycles. The predicted molar refractivity (Wildman–Crippen MR) is 132 cm³/mol. The lowest BCUT2D eigenvalue weighted by Crippen LogP contribution is -2.49. The lowest BCUT2D eigenvalue weighted by Gasteiger charge is -2.37. The maximum atomic E-state index is 12.9. The fraction of sp³-hybridized carbons (Fsp3) is 0.370. The summed E-state index contributed by atoms with van der Waals surface area (Å²) >= 11 is 0. The quantitative estimate of drug-likeness (QED) is 0.561. The Morgan fingerprint density at radius 2 is 1.64 bits per heavy atom. The standard InChI is InChI=1S/C27H32N4O2/c1-19(2)25-20(3)28-26(22-8-6-5-7-9-22)29-27(25)31-16-14-30(15-17-31)24(32)18-21-10-12-23(33-4)13-11-21/h5-13,19H,14-18H2,1-4H3. The summed E-state index contributed by atoms with van der Waals surface area (Å²) in [4.78, 5) is 27.0. The molecule has 6 nitrogen and oxygen atoms in total. The van der Waals surface area contributed by atoms with Crippen molar-refractivity contribution in [3.8, 4) is 17.1 Å². The van der Waals surface area contributed by atoms with E-state index in [9.17, 15) is 4.79 Å². The van der Waals surface area contributed by atoms with E-state index in [0.29, 0.717) is 25.4 Å². The highest BCUT2D eigenvalue weighted by Gasteiger charge is 2.26. The number of nitrogens with zero attached hydrogens (tertiary/aromatic N) is 4. The van der Waals surface area contributed by atoms with Gasteiger partial charge >= 0.3 is 0 Å². The van der Waals surface area contributed by atoms with Crippen molar-refractivity contribution in [3.63, 3.8) is 0 Å². The maximum absolute atomic E-state index is 12.9. The van der Waals surface area contributed by atoms with Crippen LogP contribution in [0, 0.1) is 6.92 Å². The highest BCUT2D eigenvalue weighted by Crippen LogP contribution is 2.31. The summed E-state index contributed by atoms with van der Waals surface area (Å²) in [6, 6.07) is 17.8. The molecule has 4 rings (SSSR count). The van der Waals surface area contributed by atoms with Gasteiger partial charge in [0, 0.05) is 43.0 Å². The third-order valence-corrected chi connectivity index (χ3v) is 6.17. The van der Waals surface area contributed by atoms with Gasteiger partial charge in [-0.2, -0.15) is 0 Å². The van der Waals surface area contributed by atoms with Crippen molar-refractivity contribution < 1.29 is 9.53 Å². The molecule has 1 amide bonds. The molecule has 0 atom stereocenters. The van der Waals surface area contributed by atoms with Crippen LogP contribution >= 0.6 is 0 Å². The van der Waals surface area contributed by atoms with E-state index >= 15 is 0 Å². The van der Waals surface area contributed by atoms with E-state index < -0.39 is 0 Å². The number of piperazine rings is 1. The fourth-order valence-corrected chi connectivity index (χ4v) is 4.40. The summed E-state index contributed by atoms with van der Waals surface area (Å²) in [7, 11) is 1.65. The largest absolute Gasteiger partial charge is 0.497 e. The van der Waals surface area contributed by atoms with Crippen molar-refractivity contribution >= 4 is 11.7 Å². The zero-order valence-corrected chi connectivity index (χ0v) is 19.9. The lowest BCUT2D eigenvalue weighted by atomic mass is 10.0. The molecule has 3 aromatic rings. The Kier molecular flexibility index (Phi) is 6.92.